The van der Waals surface area contributed by atoms with Crippen molar-refractivity contribution in [1.29, 1.82) is 0 Å². The molecule has 1 aromatic carbocycles. The van der Waals surface area contributed by atoms with Gasteiger partial charge in [0.25, 0.3) is 0 Å². The Morgan fingerprint density at radius 3 is 2.00 bits per heavy atom. The highest BCUT2D eigenvalue weighted by molar-refractivity contribution is 9.09. The van der Waals surface area contributed by atoms with E-state index >= 15 is 0 Å². The summed E-state index contributed by atoms with van der Waals surface area (Å²) in [6.07, 6.45) is 4.47. The van der Waals surface area contributed by atoms with Gasteiger partial charge in [-0.25, -0.2) is 8.78 Å². The molecule has 3 unspecified atom stereocenters. The average molecular weight is 486 g/mol. The first-order valence-corrected chi connectivity index (χ1v) is 10.5. The lowest BCUT2D eigenvalue weighted by Gasteiger charge is -2.18. The predicted molar refractivity (Wildman–Crippen MR) is 107 cm³/mol. The number of hydrogen-bond donors (Lipinski definition) is 0. The van der Waals surface area contributed by atoms with E-state index in [2.05, 4.69) is 52.6 Å². The van der Waals surface area contributed by atoms with E-state index < -0.39 is 10.2 Å². The Hall–Kier alpha value is -0.360. The molecule has 0 aromatic heterocycles. The summed E-state index contributed by atoms with van der Waals surface area (Å²) in [7, 11) is 1.43. The number of halogens is 4. The van der Waals surface area contributed by atoms with Crippen LogP contribution in [0.5, 0.6) is 11.5 Å². The molecule has 0 amide bonds. The number of benzene rings is 1. The Morgan fingerprint density at radius 1 is 0.920 bits per heavy atom. The van der Waals surface area contributed by atoms with Crippen molar-refractivity contribution in [3.05, 3.63) is 23.3 Å². The van der Waals surface area contributed by atoms with Gasteiger partial charge in [-0.2, -0.15) is 0 Å². The van der Waals surface area contributed by atoms with Gasteiger partial charge in [0.15, 0.2) is 10.2 Å². The van der Waals surface area contributed by atoms with Crippen molar-refractivity contribution in [3.63, 3.8) is 0 Å². The number of ether oxygens (including phenoxy) is 2. The number of alkyl halides is 4. The standard InChI is InChI=1S/C19H28Br2F2O2/c1-12(2)6-5-7-13(3)8-9-25-17-11-14(18(20)22)16(24-4)10-15(17)19(21)23/h10-13,18-19H,5-9H2,1-4H3. The molecule has 0 N–H and O–H groups in total. The van der Waals surface area contributed by atoms with Crippen molar-refractivity contribution in [2.24, 2.45) is 11.8 Å². The second-order valence-corrected chi connectivity index (χ2v) is 8.41. The zero-order valence-corrected chi connectivity index (χ0v) is 18.5. The molecule has 0 radical (unpaired) electrons. The highest BCUT2D eigenvalue weighted by Gasteiger charge is 2.21. The summed E-state index contributed by atoms with van der Waals surface area (Å²) in [5.41, 5.74) is 0.598. The molecule has 25 heavy (non-hydrogen) atoms. The molecule has 0 saturated carbocycles. The first-order chi connectivity index (χ1) is 11.8. The summed E-state index contributed by atoms with van der Waals surface area (Å²) in [6, 6.07) is 2.98. The monoisotopic (exact) mass is 484 g/mol. The molecule has 0 heterocycles. The molecule has 0 aliphatic carbocycles. The summed E-state index contributed by atoms with van der Waals surface area (Å²) < 4.78 is 38.5. The van der Waals surface area contributed by atoms with Crippen molar-refractivity contribution in [2.45, 2.75) is 56.6 Å². The van der Waals surface area contributed by atoms with E-state index in [9.17, 15) is 8.78 Å². The quantitative estimate of drug-likeness (QED) is 0.299. The third-order valence-electron chi connectivity index (χ3n) is 4.18. The average Bonchev–Trinajstić information content (AvgIpc) is 2.53. The fourth-order valence-corrected chi connectivity index (χ4v) is 3.34. The van der Waals surface area contributed by atoms with E-state index in [1.807, 2.05) is 0 Å². The van der Waals surface area contributed by atoms with Crippen LogP contribution in [0.2, 0.25) is 0 Å². The van der Waals surface area contributed by atoms with E-state index in [-0.39, 0.29) is 5.75 Å². The van der Waals surface area contributed by atoms with Crippen molar-refractivity contribution >= 4 is 31.9 Å². The van der Waals surface area contributed by atoms with Crippen LogP contribution >= 0.6 is 31.9 Å². The predicted octanol–water partition coefficient (Wildman–Crippen LogP) is 7.65. The third-order valence-corrected chi connectivity index (χ3v) is 5.17. The normalized spacial score (nSPS) is 15.1. The first-order valence-electron chi connectivity index (χ1n) is 8.67. The zero-order valence-electron chi connectivity index (χ0n) is 15.3. The summed E-state index contributed by atoms with van der Waals surface area (Å²) >= 11 is 5.81. The Balaban J connectivity index is 2.71. The van der Waals surface area contributed by atoms with Gasteiger partial charge in [-0.15, -0.1) is 0 Å². The molecule has 144 valence electrons. The number of methoxy groups -OCH3 is 1. The van der Waals surface area contributed by atoms with Gasteiger partial charge in [0, 0.05) is 11.1 Å². The zero-order chi connectivity index (χ0) is 19.0. The van der Waals surface area contributed by atoms with Gasteiger partial charge in [0.2, 0.25) is 0 Å². The molecule has 3 atom stereocenters. The molecular formula is C19H28Br2F2O2. The molecule has 2 nitrogen and oxygen atoms in total. The molecule has 1 rings (SSSR count). The van der Waals surface area contributed by atoms with Gasteiger partial charge in [-0.3, -0.25) is 0 Å². The molecule has 0 saturated heterocycles. The van der Waals surface area contributed by atoms with E-state index in [1.54, 1.807) is 0 Å². The summed E-state index contributed by atoms with van der Waals surface area (Å²) in [6.45, 7) is 7.13. The summed E-state index contributed by atoms with van der Waals surface area (Å²) in [4.78, 5) is 0. The van der Waals surface area contributed by atoms with Gasteiger partial charge < -0.3 is 9.47 Å². The fraction of sp³-hybridized carbons (Fsp3) is 0.684. The highest BCUT2D eigenvalue weighted by atomic mass is 79.9. The van der Waals surface area contributed by atoms with Gasteiger partial charge in [-0.1, -0.05) is 40.0 Å². The minimum Gasteiger partial charge on any atom is -0.496 e. The molecule has 0 fully saturated rings. The molecular weight excluding hydrogens is 458 g/mol. The fourth-order valence-electron chi connectivity index (χ4n) is 2.62. The Labute approximate surface area is 166 Å². The van der Waals surface area contributed by atoms with Crippen LogP contribution in [0.3, 0.4) is 0 Å². The summed E-state index contributed by atoms with van der Waals surface area (Å²) in [5.74, 6) is 1.89. The Bertz CT molecular complexity index is 522. The van der Waals surface area contributed by atoms with Crippen LogP contribution < -0.4 is 9.47 Å². The van der Waals surface area contributed by atoms with Gasteiger partial charge in [0.1, 0.15) is 11.5 Å². The van der Waals surface area contributed by atoms with Crippen LogP contribution in [-0.4, -0.2) is 13.7 Å². The van der Waals surface area contributed by atoms with Crippen LogP contribution in [0.15, 0.2) is 12.1 Å². The van der Waals surface area contributed by atoms with Crippen LogP contribution in [0.4, 0.5) is 8.78 Å². The highest BCUT2D eigenvalue weighted by Crippen LogP contribution is 2.41. The lowest BCUT2D eigenvalue weighted by molar-refractivity contribution is 0.269. The first kappa shape index (κ1) is 22.7. The topological polar surface area (TPSA) is 18.5 Å². The van der Waals surface area contributed by atoms with Crippen LogP contribution in [-0.2, 0) is 0 Å². The van der Waals surface area contributed by atoms with E-state index in [0.29, 0.717) is 29.4 Å². The third kappa shape index (κ3) is 7.81. The second-order valence-electron chi connectivity index (χ2n) is 6.80. The minimum atomic E-state index is -1.40. The maximum atomic E-state index is 13.8. The van der Waals surface area contributed by atoms with E-state index in [4.69, 9.17) is 9.47 Å². The summed E-state index contributed by atoms with van der Waals surface area (Å²) in [5, 5.41) is -2.80. The van der Waals surface area contributed by atoms with Gasteiger partial charge in [-0.05, 0) is 62.2 Å². The largest absolute Gasteiger partial charge is 0.496 e. The van der Waals surface area contributed by atoms with Crippen molar-refractivity contribution in [3.8, 4) is 11.5 Å². The lowest BCUT2D eigenvalue weighted by Crippen LogP contribution is -2.07. The van der Waals surface area contributed by atoms with E-state index in [0.717, 1.165) is 18.8 Å². The van der Waals surface area contributed by atoms with Crippen molar-refractivity contribution < 1.29 is 18.3 Å². The number of hydrogen-bond acceptors (Lipinski definition) is 2. The maximum absolute atomic E-state index is 13.8. The Kier molecular flexibility index (Phi) is 10.3. The van der Waals surface area contributed by atoms with Crippen LogP contribution in [0, 0.1) is 11.8 Å². The molecule has 0 spiro atoms. The molecule has 6 heteroatoms. The molecule has 0 bridgehead atoms. The number of rotatable bonds is 11. The molecule has 0 aliphatic heterocycles. The lowest BCUT2D eigenvalue weighted by atomic mass is 9.98. The maximum Gasteiger partial charge on any atom is 0.183 e. The second kappa shape index (κ2) is 11.4. The van der Waals surface area contributed by atoms with Crippen LogP contribution in [0.25, 0.3) is 0 Å². The SMILES string of the molecule is COc1cc(C(F)Br)c(OCCC(C)CCCC(C)C)cc1C(F)Br. The van der Waals surface area contributed by atoms with Gasteiger partial charge in [0.05, 0.1) is 13.7 Å². The minimum absolute atomic E-state index is 0.288. The smallest absolute Gasteiger partial charge is 0.183 e. The molecule has 1 aromatic rings. The van der Waals surface area contributed by atoms with E-state index in [1.165, 1.54) is 32.1 Å². The van der Waals surface area contributed by atoms with Crippen molar-refractivity contribution in [1.82, 2.24) is 0 Å². The van der Waals surface area contributed by atoms with Crippen molar-refractivity contribution in [2.75, 3.05) is 13.7 Å². The molecule has 0 aliphatic rings. The van der Waals surface area contributed by atoms with Gasteiger partial charge >= 0.3 is 0 Å². The Morgan fingerprint density at radius 2 is 1.48 bits per heavy atom. The van der Waals surface area contributed by atoms with Crippen LogP contribution in [0.1, 0.15) is 67.7 Å².